The normalized spacial score (nSPS) is 13.4. The van der Waals surface area contributed by atoms with Crippen molar-refractivity contribution in [1.82, 2.24) is 0 Å². The molecule has 3 aromatic rings. The zero-order valence-corrected chi connectivity index (χ0v) is 23.3. The van der Waals surface area contributed by atoms with Crippen molar-refractivity contribution in [1.29, 1.82) is 0 Å². The van der Waals surface area contributed by atoms with Crippen LogP contribution in [0.5, 0.6) is 11.5 Å². The topological polar surface area (TPSA) is 36.9 Å². The molecule has 3 rings (SSSR count). The van der Waals surface area contributed by atoms with Crippen molar-refractivity contribution in [2.75, 3.05) is 13.2 Å². The Bertz CT molecular complexity index is 1000. The Balaban J connectivity index is 1.90. The fraction of sp³-hybridized carbons (Fsp3) is 0.630. The summed E-state index contributed by atoms with van der Waals surface area (Å²) >= 11 is 3.41. The maximum absolute atomic E-state index is 6.70. The van der Waals surface area contributed by atoms with Gasteiger partial charge in [-0.3, -0.25) is 0 Å². The molecule has 0 aliphatic heterocycles. The van der Waals surface area contributed by atoms with Crippen LogP contribution in [-0.4, -0.2) is 36.1 Å². The van der Waals surface area contributed by atoms with E-state index in [2.05, 4.69) is 85.2 Å². The average Bonchev–Trinajstić information content (AvgIpc) is 3.32. The maximum atomic E-state index is 6.70. The van der Waals surface area contributed by atoms with Crippen LogP contribution in [0.25, 0.3) is 20.2 Å². The molecule has 0 saturated carbocycles. The lowest BCUT2D eigenvalue weighted by molar-refractivity contribution is -0.0287. The lowest BCUT2D eigenvalue weighted by Gasteiger charge is -2.30. The van der Waals surface area contributed by atoms with Crippen LogP contribution in [0.4, 0.5) is 0 Å². The van der Waals surface area contributed by atoms with E-state index in [9.17, 15) is 0 Å². The summed E-state index contributed by atoms with van der Waals surface area (Å²) < 4.78 is 27.4. The molecule has 2 aromatic heterocycles. The molecular formula is C27H40O4S2. The van der Waals surface area contributed by atoms with Crippen molar-refractivity contribution in [3.8, 4) is 11.5 Å². The summed E-state index contributed by atoms with van der Waals surface area (Å²) in [5.74, 6) is 1.90. The van der Waals surface area contributed by atoms with Crippen LogP contribution in [0.15, 0.2) is 22.9 Å². The van der Waals surface area contributed by atoms with Crippen molar-refractivity contribution >= 4 is 42.8 Å². The average molecular weight is 493 g/mol. The Labute approximate surface area is 207 Å². The predicted molar refractivity (Wildman–Crippen MR) is 143 cm³/mol. The van der Waals surface area contributed by atoms with Crippen LogP contribution in [0, 0.1) is 0 Å². The quantitative estimate of drug-likeness (QED) is 0.269. The molecule has 4 nitrogen and oxygen atoms in total. The van der Waals surface area contributed by atoms with Crippen LogP contribution in [0.2, 0.25) is 0 Å². The lowest BCUT2D eigenvalue weighted by Crippen LogP contribution is -2.32. The van der Waals surface area contributed by atoms with Gasteiger partial charge in [0.05, 0.1) is 34.3 Å². The van der Waals surface area contributed by atoms with E-state index in [1.165, 1.54) is 0 Å². The van der Waals surface area contributed by atoms with E-state index in [-0.39, 0.29) is 22.9 Å². The van der Waals surface area contributed by atoms with Crippen LogP contribution in [0.3, 0.4) is 0 Å². The van der Waals surface area contributed by atoms with Gasteiger partial charge in [0.1, 0.15) is 22.7 Å². The monoisotopic (exact) mass is 492 g/mol. The molecule has 184 valence electrons. The molecule has 0 radical (unpaired) electrons. The summed E-state index contributed by atoms with van der Waals surface area (Å²) in [4.78, 5) is 0. The number of ether oxygens (including phenoxy) is 4. The summed E-state index contributed by atoms with van der Waals surface area (Å²) in [5, 5.41) is 6.48. The standard InChI is InChI=1S/C27H40O4S2/c1-18(2)28-14-12-26(6,7)30-21-19-10-16-33-24(19)22(20-11-17-32-23(20)21)31-27(8,9)13-15-29-25(3,4)5/h10-11,16-18H,12-15H2,1-9H3. The fourth-order valence-corrected chi connectivity index (χ4v) is 5.35. The first-order chi connectivity index (χ1) is 15.3. The molecule has 0 aliphatic carbocycles. The molecule has 0 bridgehead atoms. The van der Waals surface area contributed by atoms with Crippen molar-refractivity contribution in [3.05, 3.63) is 22.9 Å². The van der Waals surface area contributed by atoms with E-state index in [1.54, 1.807) is 22.7 Å². The first kappa shape index (κ1) is 26.3. The molecule has 6 heteroatoms. The molecule has 0 spiro atoms. The molecule has 0 aliphatic rings. The second kappa shape index (κ2) is 10.1. The third-order valence-electron chi connectivity index (χ3n) is 5.38. The van der Waals surface area contributed by atoms with E-state index in [0.29, 0.717) is 13.2 Å². The van der Waals surface area contributed by atoms with Gasteiger partial charge in [-0.2, -0.15) is 0 Å². The van der Waals surface area contributed by atoms with Crippen LogP contribution < -0.4 is 9.47 Å². The van der Waals surface area contributed by atoms with Gasteiger partial charge in [0.15, 0.2) is 0 Å². The molecule has 2 heterocycles. The van der Waals surface area contributed by atoms with Crippen LogP contribution >= 0.6 is 22.7 Å². The molecule has 0 unspecified atom stereocenters. The summed E-state index contributed by atoms with van der Waals surface area (Å²) in [6.45, 7) is 20.3. The smallest absolute Gasteiger partial charge is 0.146 e. The highest BCUT2D eigenvalue weighted by molar-refractivity contribution is 7.19. The van der Waals surface area contributed by atoms with E-state index in [4.69, 9.17) is 18.9 Å². The minimum Gasteiger partial charge on any atom is -0.486 e. The van der Waals surface area contributed by atoms with Gasteiger partial charge in [0, 0.05) is 23.6 Å². The number of hydrogen-bond acceptors (Lipinski definition) is 6. The highest BCUT2D eigenvalue weighted by atomic mass is 32.1. The number of thiophene rings is 2. The van der Waals surface area contributed by atoms with Gasteiger partial charge in [0.25, 0.3) is 0 Å². The third kappa shape index (κ3) is 7.08. The van der Waals surface area contributed by atoms with E-state index < -0.39 is 0 Å². The van der Waals surface area contributed by atoms with E-state index >= 15 is 0 Å². The Morgan fingerprint density at radius 1 is 0.727 bits per heavy atom. The van der Waals surface area contributed by atoms with Gasteiger partial charge in [0.2, 0.25) is 0 Å². The second-order valence-electron chi connectivity index (χ2n) is 11.1. The molecule has 0 amide bonds. The van der Waals surface area contributed by atoms with Gasteiger partial charge >= 0.3 is 0 Å². The summed E-state index contributed by atoms with van der Waals surface area (Å²) in [7, 11) is 0. The fourth-order valence-electron chi connectivity index (χ4n) is 3.57. The number of benzene rings is 1. The molecule has 0 atom stereocenters. The minimum atomic E-state index is -0.354. The summed E-state index contributed by atoms with van der Waals surface area (Å²) in [6.07, 6.45) is 1.86. The number of rotatable bonds is 11. The first-order valence-corrected chi connectivity index (χ1v) is 13.6. The van der Waals surface area contributed by atoms with Gasteiger partial charge in [-0.15, -0.1) is 22.7 Å². The Morgan fingerprint density at radius 2 is 1.18 bits per heavy atom. The summed E-state index contributed by atoms with van der Waals surface area (Å²) in [6, 6.07) is 4.30. The Morgan fingerprint density at radius 3 is 1.61 bits per heavy atom. The molecule has 0 saturated heterocycles. The largest absolute Gasteiger partial charge is 0.486 e. The van der Waals surface area contributed by atoms with Crippen molar-refractivity contribution in [3.63, 3.8) is 0 Å². The number of hydrogen-bond donors (Lipinski definition) is 0. The van der Waals surface area contributed by atoms with Crippen LogP contribution in [0.1, 0.15) is 75.2 Å². The molecule has 1 aromatic carbocycles. The predicted octanol–water partition coefficient (Wildman–Crippen LogP) is 8.45. The number of fused-ring (bicyclic) bond motifs is 2. The first-order valence-electron chi connectivity index (χ1n) is 11.8. The minimum absolute atomic E-state index is 0.149. The lowest BCUT2D eigenvalue weighted by atomic mass is 10.0. The summed E-state index contributed by atoms with van der Waals surface area (Å²) in [5.41, 5.74) is -0.844. The zero-order valence-electron chi connectivity index (χ0n) is 21.7. The van der Waals surface area contributed by atoms with E-state index in [0.717, 1.165) is 44.5 Å². The van der Waals surface area contributed by atoms with Crippen molar-refractivity contribution in [2.24, 2.45) is 0 Å². The van der Waals surface area contributed by atoms with E-state index in [1.807, 2.05) is 0 Å². The Hall–Kier alpha value is -1.34. The van der Waals surface area contributed by atoms with Crippen molar-refractivity contribution < 1.29 is 18.9 Å². The van der Waals surface area contributed by atoms with Gasteiger partial charge in [-0.25, -0.2) is 0 Å². The highest BCUT2D eigenvalue weighted by Gasteiger charge is 2.28. The third-order valence-corrected chi connectivity index (χ3v) is 7.21. The molecule has 0 fully saturated rings. The van der Waals surface area contributed by atoms with Gasteiger partial charge in [-0.05, 0) is 85.2 Å². The van der Waals surface area contributed by atoms with Crippen molar-refractivity contribution in [2.45, 2.75) is 98.1 Å². The molecule has 33 heavy (non-hydrogen) atoms. The SMILES string of the molecule is CC(C)OCCC(C)(C)Oc1c2ccsc2c(OC(C)(C)CCOC(C)(C)C)c2ccsc12. The Kier molecular flexibility index (Phi) is 8.04. The molecule has 0 N–H and O–H groups in total. The van der Waals surface area contributed by atoms with Crippen LogP contribution in [-0.2, 0) is 9.47 Å². The van der Waals surface area contributed by atoms with Gasteiger partial charge < -0.3 is 18.9 Å². The molecular weight excluding hydrogens is 452 g/mol. The zero-order chi connectivity index (χ0) is 24.4. The highest BCUT2D eigenvalue weighted by Crippen LogP contribution is 2.49. The maximum Gasteiger partial charge on any atom is 0.146 e. The van der Waals surface area contributed by atoms with Gasteiger partial charge in [-0.1, -0.05) is 0 Å². The second-order valence-corrected chi connectivity index (χ2v) is 12.9.